The number of fused-ring (bicyclic) bond motifs is 1. The van der Waals surface area contributed by atoms with E-state index < -0.39 is 11.9 Å². The van der Waals surface area contributed by atoms with Crippen LogP contribution in [0.3, 0.4) is 0 Å². The maximum Gasteiger partial charge on any atom is 0.341 e. The van der Waals surface area contributed by atoms with E-state index in [0.717, 1.165) is 24.8 Å². The fourth-order valence-electron chi connectivity index (χ4n) is 2.77. The molecule has 0 atom stereocenters. The van der Waals surface area contributed by atoms with Crippen LogP contribution in [-0.4, -0.2) is 41.8 Å². The number of rotatable bonds is 4. The monoisotopic (exact) mass is 329 g/mol. The summed E-state index contributed by atoms with van der Waals surface area (Å²) in [6.07, 6.45) is 7.58. The first-order chi connectivity index (χ1) is 11.6. The van der Waals surface area contributed by atoms with E-state index in [4.69, 9.17) is 9.47 Å². The van der Waals surface area contributed by atoms with Gasteiger partial charge in [0.25, 0.3) is 5.91 Å². The lowest BCUT2D eigenvalue weighted by Gasteiger charge is -2.26. The van der Waals surface area contributed by atoms with Gasteiger partial charge in [0.1, 0.15) is 5.57 Å². The van der Waals surface area contributed by atoms with Crippen molar-refractivity contribution in [2.75, 3.05) is 19.9 Å². The van der Waals surface area contributed by atoms with Crippen molar-refractivity contribution < 1.29 is 24.2 Å². The van der Waals surface area contributed by atoms with Crippen molar-refractivity contribution in [1.29, 1.82) is 0 Å². The van der Waals surface area contributed by atoms with E-state index in [1.807, 2.05) is 6.07 Å². The van der Waals surface area contributed by atoms with Gasteiger partial charge in [-0.1, -0.05) is 18.2 Å². The quantitative estimate of drug-likeness (QED) is 0.397. The zero-order valence-corrected chi connectivity index (χ0v) is 13.2. The molecular formula is C18H19NO5. The van der Waals surface area contributed by atoms with Crippen LogP contribution >= 0.6 is 0 Å². The summed E-state index contributed by atoms with van der Waals surface area (Å²) in [5, 5.41) is 9.31. The van der Waals surface area contributed by atoms with Crippen LogP contribution < -0.4 is 9.47 Å². The molecule has 1 aromatic rings. The predicted molar refractivity (Wildman–Crippen MR) is 87.7 cm³/mol. The lowest BCUT2D eigenvalue weighted by Crippen LogP contribution is -2.38. The average molecular weight is 329 g/mol. The Hall–Kier alpha value is -2.76. The Bertz CT molecular complexity index is 701. The van der Waals surface area contributed by atoms with E-state index in [0.29, 0.717) is 24.6 Å². The van der Waals surface area contributed by atoms with Gasteiger partial charge in [-0.15, -0.1) is 0 Å². The highest BCUT2D eigenvalue weighted by molar-refractivity contribution is 6.15. The van der Waals surface area contributed by atoms with Crippen molar-refractivity contribution in [3.63, 3.8) is 0 Å². The molecule has 2 aliphatic rings. The van der Waals surface area contributed by atoms with Crippen molar-refractivity contribution in [2.24, 2.45) is 0 Å². The number of carbonyl (C=O) groups excluding carboxylic acids is 1. The van der Waals surface area contributed by atoms with E-state index in [-0.39, 0.29) is 12.4 Å². The van der Waals surface area contributed by atoms with Gasteiger partial charge in [0.2, 0.25) is 6.79 Å². The van der Waals surface area contributed by atoms with Crippen molar-refractivity contribution >= 4 is 18.0 Å². The third-order valence-electron chi connectivity index (χ3n) is 4.05. The smallest absolute Gasteiger partial charge is 0.341 e. The van der Waals surface area contributed by atoms with E-state index in [2.05, 4.69) is 0 Å². The van der Waals surface area contributed by atoms with Gasteiger partial charge in [0.15, 0.2) is 11.5 Å². The largest absolute Gasteiger partial charge is 0.477 e. The molecule has 2 heterocycles. The highest BCUT2D eigenvalue weighted by Crippen LogP contribution is 2.32. The number of carboxylic acids is 1. The summed E-state index contributed by atoms with van der Waals surface area (Å²) in [6, 6.07) is 5.44. The molecule has 0 radical (unpaired) electrons. The maximum atomic E-state index is 12.3. The number of hydrogen-bond acceptors (Lipinski definition) is 4. The molecule has 1 fully saturated rings. The number of allylic oxidation sites excluding steroid dienone is 2. The van der Waals surface area contributed by atoms with Gasteiger partial charge in [-0.05, 0) is 43.0 Å². The molecule has 1 N–H and O–H groups in total. The normalized spacial score (nSPS) is 17.3. The number of carbonyl (C=O) groups is 2. The molecule has 6 heteroatoms. The van der Waals surface area contributed by atoms with Crippen LogP contribution in [0.5, 0.6) is 11.5 Å². The molecule has 126 valence electrons. The summed E-state index contributed by atoms with van der Waals surface area (Å²) >= 11 is 0. The van der Waals surface area contributed by atoms with Crippen LogP contribution in [0.25, 0.3) is 6.08 Å². The van der Waals surface area contributed by atoms with E-state index in [9.17, 15) is 14.7 Å². The van der Waals surface area contributed by atoms with Crippen molar-refractivity contribution in [3.8, 4) is 11.5 Å². The first-order valence-electron chi connectivity index (χ1n) is 7.96. The van der Waals surface area contributed by atoms with Crippen LogP contribution in [0.2, 0.25) is 0 Å². The molecule has 0 bridgehead atoms. The highest BCUT2D eigenvalue weighted by atomic mass is 16.7. The number of carboxylic acid groups (broad SMARTS) is 1. The molecular weight excluding hydrogens is 310 g/mol. The van der Waals surface area contributed by atoms with E-state index >= 15 is 0 Å². The van der Waals surface area contributed by atoms with Gasteiger partial charge in [-0.2, -0.15) is 0 Å². The van der Waals surface area contributed by atoms with Crippen LogP contribution in [0.1, 0.15) is 24.8 Å². The Morgan fingerprint density at radius 3 is 2.58 bits per heavy atom. The van der Waals surface area contributed by atoms with Crippen LogP contribution in [0.15, 0.2) is 35.9 Å². The Morgan fingerprint density at radius 2 is 1.83 bits per heavy atom. The summed E-state index contributed by atoms with van der Waals surface area (Å²) in [5.41, 5.74) is 0.625. The molecule has 6 nitrogen and oxygen atoms in total. The summed E-state index contributed by atoms with van der Waals surface area (Å²) in [4.78, 5) is 25.3. The molecule has 24 heavy (non-hydrogen) atoms. The third kappa shape index (κ3) is 3.59. The zero-order valence-electron chi connectivity index (χ0n) is 13.2. The molecule has 1 amide bonds. The summed E-state index contributed by atoms with van der Waals surface area (Å²) in [7, 11) is 0. The van der Waals surface area contributed by atoms with E-state index in [1.165, 1.54) is 6.08 Å². The Morgan fingerprint density at radius 1 is 1.08 bits per heavy atom. The number of likely N-dealkylation sites (tertiary alicyclic amines) is 1. The molecule has 1 saturated heterocycles. The number of ether oxygens (including phenoxy) is 2. The molecule has 0 aliphatic carbocycles. The second kappa shape index (κ2) is 7.21. The Balaban J connectivity index is 1.73. The number of benzene rings is 1. The van der Waals surface area contributed by atoms with Gasteiger partial charge >= 0.3 is 5.97 Å². The minimum Gasteiger partial charge on any atom is -0.477 e. The van der Waals surface area contributed by atoms with Crippen LogP contribution in [-0.2, 0) is 9.59 Å². The second-order valence-electron chi connectivity index (χ2n) is 5.71. The number of hydrogen-bond donors (Lipinski definition) is 1. The molecule has 0 spiro atoms. The highest BCUT2D eigenvalue weighted by Gasteiger charge is 2.24. The summed E-state index contributed by atoms with van der Waals surface area (Å²) in [6.45, 7) is 1.44. The topological polar surface area (TPSA) is 76.1 Å². The average Bonchev–Trinajstić information content (AvgIpc) is 3.06. The van der Waals surface area contributed by atoms with Gasteiger partial charge in [-0.3, -0.25) is 4.79 Å². The summed E-state index contributed by atoms with van der Waals surface area (Å²) < 4.78 is 10.5. The second-order valence-corrected chi connectivity index (χ2v) is 5.71. The first kappa shape index (κ1) is 16.1. The number of piperidine rings is 1. The lowest BCUT2D eigenvalue weighted by molar-refractivity contribution is -0.137. The maximum absolute atomic E-state index is 12.3. The Labute approximate surface area is 140 Å². The SMILES string of the molecule is O=C(O)/C(=C/C=Cc1ccc2c(c1)OCO2)C(=O)N1CCCCC1. The molecule has 1 aromatic carbocycles. The summed E-state index contributed by atoms with van der Waals surface area (Å²) in [5.74, 6) is -0.281. The van der Waals surface area contributed by atoms with Crippen LogP contribution in [0.4, 0.5) is 0 Å². The number of nitrogens with zero attached hydrogens (tertiary/aromatic N) is 1. The lowest BCUT2D eigenvalue weighted by atomic mass is 10.1. The fourth-order valence-corrected chi connectivity index (χ4v) is 2.77. The van der Waals surface area contributed by atoms with Crippen molar-refractivity contribution in [1.82, 2.24) is 4.90 Å². The van der Waals surface area contributed by atoms with E-state index in [1.54, 1.807) is 29.2 Å². The number of aliphatic carboxylic acids is 1. The standard InChI is InChI=1S/C18H19NO5/c20-17(19-9-2-1-3-10-19)14(18(21)22)6-4-5-13-7-8-15-16(11-13)24-12-23-15/h4-8,11H,1-3,9-10,12H2,(H,21,22)/b5-4?,14-6+. The number of amides is 1. The molecule has 0 saturated carbocycles. The van der Waals surface area contributed by atoms with Gasteiger partial charge in [0.05, 0.1) is 0 Å². The van der Waals surface area contributed by atoms with Crippen LogP contribution in [0, 0.1) is 0 Å². The zero-order chi connectivity index (χ0) is 16.9. The van der Waals surface area contributed by atoms with Crippen molar-refractivity contribution in [2.45, 2.75) is 19.3 Å². The third-order valence-corrected chi connectivity index (χ3v) is 4.05. The molecule has 0 unspecified atom stereocenters. The molecule has 0 aromatic heterocycles. The van der Waals surface area contributed by atoms with Crippen molar-refractivity contribution in [3.05, 3.63) is 41.5 Å². The predicted octanol–water partition coefficient (Wildman–Crippen LogP) is 2.45. The minimum atomic E-state index is -1.21. The molecule has 3 rings (SSSR count). The molecule has 2 aliphatic heterocycles. The van der Waals surface area contributed by atoms with Gasteiger partial charge in [-0.25, -0.2) is 4.79 Å². The first-order valence-corrected chi connectivity index (χ1v) is 7.96. The Kier molecular flexibility index (Phi) is 4.84. The van der Waals surface area contributed by atoms with Gasteiger partial charge in [0, 0.05) is 13.1 Å². The van der Waals surface area contributed by atoms with Gasteiger partial charge < -0.3 is 19.5 Å². The fraction of sp³-hybridized carbons (Fsp3) is 0.333. The minimum absolute atomic E-state index is 0.204.